The second-order valence-electron chi connectivity index (χ2n) is 5.10. The van der Waals surface area contributed by atoms with Crippen LogP contribution < -0.4 is 15.4 Å². The molecule has 0 fully saturated rings. The predicted molar refractivity (Wildman–Crippen MR) is 90.8 cm³/mol. The van der Waals surface area contributed by atoms with Crippen LogP contribution in [0.5, 0.6) is 5.75 Å². The average Bonchev–Trinajstić information content (AvgIpc) is 2.46. The first kappa shape index (κ1) is 16.2. The normalized spacial score (nSPS) is 10.4. The minimum Gasteiger partial charge on any atom is -0.491 e. The second-order valence-corrected chi connectivity index (χ2v) is 5.54. The van der Waals surface area contributed by atoms with Crippen LogP contribution in [0.4, 0.5) is 11.4 Å². The Bertz CT molecular complexity index is 627. The summed E-state index contributed by atoms with van der Waals surface area (Å²) in [6.45, 7) is 4.13. The molecule has 116 valence electrons. The van der Waals surface area contributed by atoms with E-state index in [-0.39, 0.29) is 18.6 Å². The average molecular weight is 319 g/mol. The zero-order chi connectivity index (χ0) is 15.9. The molecule has 0 atom stereocenters. The molecule has 0 aromatic heterocycles. The maximum absolute atomic E-state index is 11.9. The molecule has 2 aromatic carbocycles. The van der Waals surface area contributed by atoms with Crippen LogP contribution in [-0.2, 0) is 4.79 Å². The minimum absolute atomic E-state index is 0.134. The number of amides is 1. The molecule has 2 rings (SSSR count). The third kappa shape index (κ3) is 5.30. The number of halogens is 1. The number of ether oxygens (including phenoxy) is 1. The van der Waals surface area contributed by atoms with Gasteiger partial charge >= 0.3 is 0 Å². The monoisotopic (exact) mass is 318 g/mol. The van der Waals surface area contributed by atoms with Crippen molar-refractivity contribution in [3.8, 4) is 5.75 Å². The number of anilines is 2. The van der Waals surface area contributed by atoms with Crippen LogP contribution >= 0.6 is 11.6 Å². The van der Waals surface area contributed by atoms with Crippen molar-refractivity contribution < 1.29 is 9.53 Å². The van der Waals surface area contributed by atoms with Gasteiger partial charge in [-0.25, -0.2) is 0 Å². The first-order valence-corrected chi connectivity index (χ1v) is 7.47. The summed E-state index contributed by atoms with van der Waals surface area (Å²) in [7, 11) is 0. The van der Waals surface area contributed by atoms with Gasteiger partial charge in [0.25, 0.3) is 0 Å². The topological polar surface area (TPSA) is 50.4 Å². The van der Waals surface area contributed by atoms with Gasteiger partial charge in [0.05, 0.1) is 12.6 Å². The zero-order valence-corrected chi connectivity index (χ0v) is 13.4. The molecule has 22 heavy (non-hydrogen) atoms. The van der Waals surface area contributed by atoms with Gasteiger partial charge in [-0.3, -0.25) is 4.79 Å². The molecule has 0 aliphatic carbocycles. The lowest BCUT2D eigenvalue weighted by Crippen LogP contribution is -2.21. The van der Waals surface area contributed by atoms with Crippen LogP contribution in [0.15, 0.2) is 48.5 Å². The van der Waals surface area contributed by atoms with Gasteiger partial charge in [0.2, 0.25) is 5.91 Å². The molecule has 4 nitrogen and oxygen atoms in total. The van der Waals surface area contributed by atoms with Crippen molar-refractivity contribution in [1.82, 2.24) is 0 Å². The van der Waals surface area contributed by atoms with E-state index in [4.69, 9.17) is 16.3 Å². The number of carbonyl (C=O) groups is 1. The minimum atomic E-state index is -0.134. The summed E-state index contributed by atoms with van der Waals surface area (Å²) >= 11 is 5.87. The third-order valence-corrected chi connectivity index (χ3v) is 3.02. The van der Waals surface area contributed by atoms with Crippen molar-refractivity contribution in [2.24, 2.45) is 0 Å². The number of hydrogen-bond acceptors (Lipinski definition) is 3. The number of benzene rings is 2. The second kappa shape index (κ2) is 7.71. The molecule has 0 aliphatic rings. The Hall–Kier alpha value is -2.20. The van der Waals surface area contributed by atoms with Crippen molar-refractivity contribution in [1.29, 1.82) is 0 Å². The Morgan fingerprint density at radius 3 is 2.50 bits per heavy atom. The lowest BCUT2D eigenvalue weighted by atomic mass is 10.3. The molecule has 0 radical (unpaired) electrons. The van der Waals surface area contributed by atoms with E-state index < -0.39 is 0 Å². The lowest BCUT2D eigenvalue weighted by molar-refractivity contribution is -0.114. The van der Waals surface area contributed by atoms with Gasteiger partial charge in [-0.15, -0.1) is 0 Å². The molecule has 5 heteroatoms. The van der Waals surface area contributed by atoms with E-state index in [1.165, 1.54) is 0 Å². The number of nitrogens with one attached hydrogen (secondary N) is 2. The van der Waals surface area contributed by atoms with Crippen molar-refractivity contribution in [2.75, 3.05) is 17.2 Å². The molecule has 0 aliphatic heterocycles. The van der Waals surface area contributed by atoms with Gasteiger partial charge < -0.3 is 15.4 Å². The Balaban J connectivity index is 1.83. The van der Waals surface area contributed by atoms with E-state index in [1.807, 2.05) is 38.1 Å². The summed E-state index contributed by atoms with van der Waals surface area (Å²) in [4.78, 5) is 11.9. The first-order chi connectivity index (χ1) is 10.5. The lowest BCUT2D eigenvalue weighted by Gasteiger charge is -2.11. The molecule has 0 saturated carbocycles. The molecule has 0 unspecified atom stereocenters. The quantitative estimate of drug-likeness (QED) is 0.840. The van der Waals surface area contributed by atoms with E-state index in [9.17, 15) is 4.79 Å². The van der Waals surface area contributed by atoms with Crippen molar-refractivity contribution in [3.63, 3.8) is 0 Å². The highest BCUT2D eigenvalue weighted by atomic mass is 35.5. The maximum Gasteiger partial charge on any atom is 0.243 e. The fourth-order valence-electron chi connectivity index (χ4n) is 1.88. The summed E-state index contributed by atoms with van der Waals surface area (Å²) in [5.74, 6) is 0.675. The molecule has 2 N–H and O–H groups in total. The highest BCUT2D eigenvalue weighted by Crippen LogP contribution is 2.17. The molecule has 0 bridgehead atoms. The number of hydrogen-bond donors (Lipinski definition) is 2. The first-order valence-electron chi connectivity index (χ1n) is 7.09. The van der Waals surface area contributed by atoms with Crippen LogP contribution in [0.25, 0.3) is 0 Å². The highest BCUT2D eigenvalue weighted by molar-refractivity contribution is 6.30. The van der Waals surface area contributed by atoms with Gasteiger partial charge in [-0.2, -0.15) is 0 Å². The summed E-state index contributed by atoms with van der Waals surface area (Å²) < 4.78 is 5.57. The van der Waals surface area contributed by atoms with Crippen LogP contribution in [0.1, 0.15) is 13.8 Å². The SMILES string of the molecule is CC(C)Oc1ccc(NCC(=O)Nc2cccc(Cl)c2)cc1. The number of carbonyl (C=O) groups excluding carboxylic acids is 1. The Kier molecular flexibility index (Phi) is 5.67. The fourth-order valence-corrected chi connectivity index (χ4v) is 2.07. The van der Waals surface area contributed by atoms with Gasteiger partial charge in [-0.05, 0) is 56.3 Å². The summed E-state index contributed by atoms with van der Waals surface area (Å²) in [6.07, 6.45) is 0.141. The molecular weight excluding hydrogens is 300 g/mol. The van der Waals surface area contributed by atoms with E-state index >= 15 is 0 Å². The van der Waals surface area contributed by atoms with Crippen molar-refractivity contribution in [3.05, 3.63) is 53.6 Å². The summed E-state index contributed by atoms with van der Waals surface area (Å²) in [6, 6.07) is 14.6. The van der Waals surface area contributed by atoms with Gasteiger partial charge in [0, 0.05) is 16.4 Å². The van der Waals surface area contributed by atoms with Crippen LogP contribution in [0.2, 0.25) is 5.02 Å². The smallest absolute Gasteiger partial charge is 0.243 e. The van der Waals surface area contributed by atoms with Gasteiger partial charge in [0.1, 0.15) is 5.75 Å². The summed E-state index contributed by atoms with van der Waals surface area (Å²) in [5.41, 5.74) is 1.54. The molecule has 0 heterocycles. The van der Waals surface area contributed by atoms with E-state index in [2.05, 4.69) is 10.6 Å². The zero-order valence-electron chi connectivity index (χ0n) is 12.6. The van der Waals surface area contributed by atoms with Crippen LogP contribution in [-0.4, -0.2) is 18.6 Å². The Labute approximate surface area is 135 Å². The molecule has 2 aromatic rings. The Morgan fingerprint density at radius 2 is 1.86 bits per heavy atom. The number of rotatable bonds is 6. The molecule has 0 spiro atoms. The van der Waals surface area contributed by atoms with E-state index in [0.29, 0.717) is 10.7 Å². The Morgan fingerprint density at radius 1 is 1.14 bits per heavy atom. The molecular formula is C17H19ClN2O2. The fraction of sp³-hybridized carbons (Fsp3) is 0.235. The molecule has 0 saturated heterocycles. The summed E-state index contributed by atoms with van der Waals surface area (Å²) in [5, 5.41) is 6.43. The predicted octanol–water partition coefficient (Wildman–Crippen LogP) is 4.18. The highest BCUT2D eigenvalue weighted by Gasteiger charge is 2.03. The van der Waals surface area contributed by atoms with E-state index in [0.717, 1.165) is 11.4 Å². The van der Waals surface area contributed by atoms with Crippen molar-refractivity contribution in [2.45, 2.75) is 20.0 Å². The van der Waals surface area contributed by atoms with Crippen LogP contribution in [0, 0.1) is 0 Å². The maximum atomic E-state index is 11.9. The van der Waals surface area contributed by atoms with Gasteiger partial charge in [-0.1, -0.05) is 17.7 Å². The van der Waals surface area contributed by atoms with E-state index in [1.54, 1.807) is 24.3 Å². The molecule has 1 amide bonds. The largest absolute Gasteiger partial charge is 0.491 e. The van der Waals surface area contributed by atoms with Crippen molar-refractivity contribution >= 4 is 28.9 Å². The van der Waals surface area contributed by atoms with Gasteiger partial charge in [0.15, 0.2) is 0 Å². The standard InChI is InChI=1S/C17H19ClN2O2/c1-12(2)22-16-8-6-14(7-9-16)19-11-17(21)20-15-5-3-4-13(18)10-15/h3-10,12,19H,11H2,1-2H3,(H,20,21). The third-order valence-electron chi connectivity index (χ3n) is 2.79. The van der Waals surface area contributed by atoms with Crippen LogP contribution in [0.3, 0.4) is 0 Å².